The van der Waals surface area contributed by atoms with E-state index < -0.39 is 0 Å². The van der Waals surface area contributed by atoms with Gasteiger partial charge in [0.15, 0.2) is 11.5 Å². The van der Waals surface area contributed by atoms with E-state index in [4.69, 9.17) is 0 Å². The van der Waals surface area contributed by atoms with E-state index >= 15 is 0 Å². The second-order valence-electron chi connectivity index (χ2n) is 7.17. The van der Waals surface area contributed by atoms with Gasteiger partial charge in [0.05, 0.1) is 6.04 Å². The predicted octanol–water partition coefficient (Wildman–Crippen LogP) is 4.08. The molecule has 0 saturated heterocycles. The summed E-state index contributed by atoms with van der Waals surface area (Å²) in [5.41, 5.74) is 0.794. The molecule has 6 heteroatoms. The molecule has 0 bridgehead atoms. The molecule has 0 aliphatic rings. The molecule has 0 fully saturated rings. The monoisotopic (exact) mass is 345 g/mol. The van der Waals surface area contributed by atoms with Crippen molar-refractivity contribution in [1.82, 2.24) is 25.2 Å². The molecule has 2 amide bonds. The predicted molar refractivity (Wildman–Crippen MR) is 100 cm³/mol. The number of aromatic nitrogens is 3. The zero-order valence-electron chi connectivity index (χ0n) is 15.8. The van der Waals surface area contributed by atoms with Gasteiger partial charge in [0.25, 0.3) is 0 Å². The Kier molecular flexibility index (Phi) is 7.22. The fourth-order valence-electron chi connectivity index (χ4n) is 2.98. The molecule has 0 aliphatic heterocycles. The summed E-state index contributed by atoms with van der Waals surface area (Å²) in [5, 5.41) is 14.6. The molecule has 2 N–H and O–H groups in total. The average Bonchev–Trinajstić information content (AvgIpc) is 2.98. The first-order valence-electron chi connectivity index (χ1n) is 9.38. The van der Waals surface area contributed by atoms with Crippen LogP contribution in [0.3, 0.4) is 0 Å². The standard InChI is InChI=1S/C19H31N5O/c1-5-9-16(18-23-22-17-12-6-7-13-24(17)18)21-19(25)20-15(4)11-8-10-14(2)3/h6-7,12-16H,5,8-11H2,1-4H3,(H2,20,21,25). The summed E-state index contributed by atoms with van der Waals surface area (Å²) in [7, 11) is 0. The van der Waals surface area contributed by atoms with Crippen molar-refractivity contribution in [3.63, 3.8) is 0 Å². The van der Waals surface area contributed by atoms with Gasteiger partial charge in [-0.3, -0.25) is 4.40 Å². The topological polar surface area (TPSA) is 71.3 Å². The van der Waals surface area contributed by atoms with Gasteiger partial charge in [-0.1, -0.05) is 46.1 Å². The molecule has 0 spiro atoms. The molecule has 2 heterocycles. The Bertz CT molecular complexity index is 667. The minimum Gasteiger partial charge on any atom is -0.336 e. The molecule has 138 valence electrons. The second-order valence-corrected chi connectivity index (χ2v) is 7.17. The number of amides is 2. The van der Waals surface area contributed by atoms with Crippen LogP contribution in [0.15, 0.2) is 24.4 Å². The Balaban J connectivity index is 1.95. The van der Waals surface area contributed by atoms with E-state index in [2.05, 4.69) is 48.5 Å². The minimum atomic E-state index is -0.148. The molecule has 2 aromatic heterocycles. The van der Waals surface area contributed by atoms with Crippen molar-refractivity contribution in [2.24, 2.45) is 5.92 Å². The highest BCUT2D eigenvalue weighted by molar-refractivity contribution is 5.74. The number of rotatable bonds is 9. The van der Waals surface area contributed by atoms with Crippen LogP contribution in [0.1, 0.15) is 71.7 Å². The van der Waals surface area contributed by atoms with Crippen LogP contribution in [0.2, 0.25) is 0 Å². The van der Waals surface area contributed by atoms with Crippen LogP contribution < -0.4 is 10.6 Å². The number of pyridine rings is 1. The third kappa shape index (κ3) is 5.73. The molecule has 2 aromatic rings. The fourth-order valence-corrected chi connectivity index (χ4v) is 2.98. The summed E-state index contributed by atoms with van der Waals surface area (Å²) in [4.78, 5) is 12.4. The first kappa shape index (κ1) is 19.2. The van der Waals surface area contributed by atoms with Crippen LogP contribution in [-0.2, 0) is 0 Å². The van der Waals surface area contributed by atoms with Crippen LogP contribution >= 0.6 is 0 Å². The maximum absolute atomic E-state index is 12.4. The summed E-state index contributed by atoms with van der Waals surface area (Å²) >= 11 is 0. The number of nitrogens with one attached hydrogen (secondary N) is 2. The van der Waals surface area contributed by atoms with E-state index in [1.807, 2.05) is 28.8 Å². The Morgan fingerprint density at radius 3 is 2.64 bits per heavy atom. The van der Waals surface area contributed by atoms with Crippen LogP contribution in [0.5, 0.6) is 0 Å². The van der Waals surface area contributed by atoms with Gasteiger partial charge in [0.2, 0.25) is 0 Å². The van der Waals surface area contributed by atoms with Crippen molar-refractivity contribution in [1.29, 1.82) is 0 Å². The van der Waals surface area contributed by atoms with Crippen LogP contribution in [-0.4, -0.2) is 26.7 Å². The van der Waals surface area contributed by atoms with E-state index in [-0.39, 0.29) is 18.1 Å². The molecule has 25 heavy (non-hydrogen) atoms. The summed E-state index contributed by atoms with van der Waals surface area (Å²) in [6, 6.07) is 5.67. The summed E-state index contributed by atoms with van der Waals surface area (Å²) < 4.78 is 1.94. The molecule has 0 radical (unpaired) electrons. The quantitative estimate of drug-likeness (QED) is 0.719. The summed E-state index contributed by atoms with van der Waals surface area (Å²) in [5.74, 6) is 1.48. The Morgan fingerprint density at radius 2 is 1.92 bits per heavy atom. The van der Waals surface area contributed by atoms with Gasteiger partial charge in [-0.2, -0.15) is 0 Å². The van der Waals surface area contributed by atoms with Crippen molar-refractivity contribution >= 4 is 11.7 Å². The van der Waals surface area contributed by atoms with E-state index in [0.29, 0.717) is 5.92 Å². The first-order valence-corrected chi connectivity index (χ1v) is 9.38. The Labute approximate surface area is 150 Å². The lowest BCUT2D eigenvalue weighted by Crippen LogP contribution is -2.42. The smallest absolute Gasteiger partial charge is 0.315 e. The van der Waals surface area contributed by atoms with Gasteiger partial charge in [-0.05, 0) is 37.8 Å². The highest BCUT2D eigenvalue weighted by atomic mass is 16.2. The van der Waals surface area contributed by atoms with Crippen molar-refractivity contribution in [3.05, 3.63) is 30.2 Å². The van der Waals surface area contributed by atoms with E-state index in [0.717, 1.165) is 37.2 Å². The molecule has 0 aliphatic carbocycles. The molecular weight excluding hydrogens is 314 g/mol. The van der Waals surface area contributed by atoms with Crippen molar-refractivity contribution in [2.75, 3.05) is 0 Å². The first-order chi connectivity index (χ1) is 12.0. The van der Waals surface area contributed by atoms with Crippen molar-refractivity contribution < 1.29 is 4.79 Å². The lowest BCUT2D eigenvalue weighted by atomic mass is 10.0. The molecular formula is C19H31N5O. The highest BCUT2D eigenvalue weighted by Gasteiger charge is 2.20. The number of nitrogens with zero attached hydrogens (tertiary/aromatic N) is 3. The van der Waals surface area contributed by atoms with Gasteiger partial charge in [-0.25, -0.2) is 4.79 Å². The molecule has 0 saturated carbocycles. The zero-order valence-corrected chi connectivity index (χ0v) is 15.8. The van der Waals surface area contributed by atoms with Gasteiger partial charge >= 0.3 is 6.03 Å². The van der Waals surface area contributed by atoms with E-state index in [9.17, 15) is 4.79 Å². The normalized spacial score (nSPS) is 13.8. The third-order valence-corrected chi connectivity index (χ3v) is 4.33. The number of hydrogen-bond acceptors (Lipinski definition) is 3. The van der Waals surface area contributed by atoms with Gasteiger partial charge < -0.3 is 10.6 Å². The number of carbonyl (C=O) groups is 1. The van der Waals surface area contributed by atoms with E-state index in [1.54, 1.807) is 0 Å². The number of hydrogen-bond donors (Lipinski definition) is 2. The SMILES string of the molecule is CCCC(NC(=O)NC(C)CCCC(C)C)c1nnc2ccccn12. The number of carbonyl (C=O) groups excluding carboxylic acids is 1. The molecule has 2 rings (SSSR count). The largest absolute Gasteiger partial charge is 0.336 e. The van der Waals surface area contributed by atoms with Gasteiger partial charge in [0, 0.05) is 12.2 Å². The third-order valence-electron chi connectivity index (χ3n) is 4.33. The van der Waals surface area contributed by atoms with Crippen LogP contribution in [0.4, 0.5) is 4.79 Å². The lowest BCUT2D eigenvalue weighted by Gasteiger charge is -2.20. The second kappa shape index (κ2) is 9.39. The van der Waals surface area contributed by atoms with E-state index in [1.165, 1.54) is 6.42 Å². The van der Waals surface area contributed by atoms with Crippen LogP contribution in [0.25, 0.3) is 5.65 Å². The van der Waals surface area contributed by atoms with Gasteiger partial charge in [-0.15, -0.1) is 10.2 Å². The maximum Gasteiger partial charge on any atom is 0.315 e. The Morgan fingerprint density at radius 1 is 1.12 bits per heavy atom. The highest BCUT2D eigenvalue weighted by Crippen LogP contribution is 2.17. The minimum absolute atomic E-state index is 0.136. The Hall–Kier alpha value is -2.11. The molecule has 6 nitrogen and oxygen atoms in total. The van der Waals surface area contributed by atoms with Gasteiger partial charge in [0.1, 0.15) is 0 Å². The number of fused-ring (bicyclic) bond motifs is 1. The molecule has 0 aromatic carbocycles. The fraction of sp³-hybridized carbons (Fsp3) is 0.632. The summed E-state index contributed by atoms with van der Waals surface area (Å²) in [6.07, 6.45) is 7.03. The van der Waals surface area contributed by atoms with Crippen molar-refractivity contribution in [2.45, 2.75) is 71.9 Å². The molecule has 2 unspecified atom stereocenters. The van der Waals surface area contributed by atoms with Crippen LogP contribution in [0, 0.1) is 5.92 Å². The lowest BCUT2D eigenvalue weighted by molar-refractivity contribution is 0.231. The summed E-state index contributed by atoms with van der Waals surface area (Å²) in [6.45, 7) is 8.61. The van der Waals surface area contributed by atoms with Crippen molar-refractivity contribution in [3.8, 4) is 0 Å². The molecule has 2 atom stereocenters. The number of urea groups is 1. The average molecular weight is 345 g/mol. The maximum atomic E-state index is 12.4. The zero-order chi connectivity index (χ0) is 18.2.